The van der Waals surface area contributed by atoms with Gasteiger partial charge in [-0.3, -0.25) is 14.4 Å². The van der Waals surface area contributed by atoms with Crippen LogP contribution in [0.2, 0.25) is 0 Å². The second-order valence-corrected chi connectivity index (χ2v) is 7.79. The van der Waals surface area contributed by atoms with Crippen LogP contribution in [0, 0.1) is 5.82 Å². The molecule has 1 fully saturated rings. The third-order valence-corrected chi connectivity index (χ3v) is 5.59. The highest BCUT2D eigenvalue weighted by Gasteiger charge is 2.39. The normalized spacial score (nSPS) is 21.4. The van der Waals surface area contributed by atoms with Crippen molar-refractivity contribution in [1.29, 1.82) is 0 Å². The summed E-state index contributed by atoms with van der Waals surface area (Å²) >= 11 is 1.34. The van der Waals surface area contributed by atoms with Crippen molar-refractivity contribution in [2.24, 2.45) is 0 Å². The second-order valence-electron chi connectivity index (χ2n) is 6.48. The third kappa shape index (κ3) is 5.88. The van der Waals surface area contributed by atoms with Crippen molar-refractivity contribution < 1.29 is 28.2 Å². The van der Waals surface area contributed by atoms with Crippen molar-refractivity contribution >= 4 is 29.4 Å². The Balaban J connectivity index is 1.70. The molecule has 1 saturated heterocycles. The molecule has 0 spiro atoms. The van der Waals surface area contributed by atoms with Crippen LogP contribution in [0.25, 0.3) is 0 Å². The molecule has 1 heterocycles. The zero-order valence-electron chi connectivity index (χ0n) is 15.7. The first kappa shape index (κ1) is 21.0. The van der Waals surface area contributed by atoms with Crippen LogP contribution >= 0.6 is 11.8 Å². The zero-order valence-corrected chi connectivity index (χ0v) is 16.5. The lowest BCUT2D eigenvalue weighted by molar-refractivity contribution is -0.156. The minimum atomic E-state index is -1.13. The van der Waals surface area contributed by atoms with Crippen molar-refractivity contribution in [3.8, 4) is 0 Å². The van der Waals surface area contributed by atoms with Gasteiger partial charge in [0.2, 0.25) is 0 Å². The Labute approximate surface area is 171 Å². The van der Waals surface area contributed by atoms with Gasteiger partial charge in [-0.1, -0.05) is 18.2 Å². The first-order chi connectivity index (χ1) is 13.9. The van der Waals surface area contributed by atoms with Crippen LogP contribution in [0.4, 0.5) is 4.39 Å². The van der Waals surface area contributed by atoms with E-state index >= 15 is 0 Å². The number of ether oxygens (including phenoxy) is 2. The summed E-state index contributed by atoms with van der Waals surface area (Å²) in [6.45, 7) is 1.23. The molecule has 1 N–H and O–H groups in total. The number of rotatable bonds is 6. The van der Waals surface area contributed by atoms with E-state index in [1.807, 2.05) is 0 Å². The molecule has 0 aliphatic carbocycles. The fourth-order valence-electron chi connectivity index (χ4n) is 2.83. The number of thioether (sulfide) groups is 1. The largest absolute Gasteiger partial charge is 0.463 e. The lowest BCUT2D eigenvalue weighted by atomic mass is 10.1. The highest BCUT2D eigenvalue weighted by molar-refractivity contribution is 8.00. The number of carbonyl (C=O) groups excluding carboxylic acids is 3. The van der Waals surface area contributed by atoms with Gasteiger partial charge in [0.15, 0.2) is 12.0 Å². The quantitative estimate of drug-likeness (QED) is 0.728. The van der Waals surface area contributed by atoms with Gasteiger partial charge in [0.1, 0.15) is 18.5 Å². The van der Waals surface area contributed by atoms with Crippen molar-refractivity contribution in [1.82, 2.24) is 5.32 Å². The van der Waals surface area contributed by atoms with Crippen molar-refractivity contribution in [2.45, 2.75) is 35.8 Å². The summed E-state index contributed by atoms with van der Waals surface area (Å²) in [5, 5.41) is 2.23. The van der Waals surface area contributed by atoms with Crippen LogP contribution in [0.5, 0.6) is 0 Å². The highest BCUT2D eigenvalue weighted by atomic mass is 32.2. The Morgan fingerprint density at radius 1 is 1.17 bits per heavy atom. The number of nitrogens with one attached hydrogen (secondary N) is 1. The maximum atomic E-state index is 13.1. The van der Waals surface area contributed by atoms with Gasteiger partial charge >= 0.3 is 5.97 Å². The molecule has 2 aromatic carbocycles. The second kappa shape index (κ2) is 9.67. The van der Waals surface area contributed by atoms with Crippen LogP contribution in [-0.4, -0.2) is 41.8 Å². The molecule has 0 radical (unpaired) electrons. The van der Waals surface area contributed by atoms with Crippen LogP contribution in [-0.2, 0) is 19.1 Å². The van der Waals surface area contributed by atoms with E-state index in [4.69, 9.17) is 9.47 Å². The fraction of sp³-hybridized carbons (Fsp3) is 0.286. The smallest absolute Gasteiger partial charge is 0.302 e. The molecule has 8 heteroatoms. The number of hydrogen-bond donors (Lipinski definition) is 1. The Morgan fingerprint density at radius 2 is 1.86 bits per heavy atom. The molecule has 0 aromatic heterocycles. The number of benzene rings is 2. The van der Waals surface area contributed by atoms with Gasteiger partial charge in [-0.05, 0) is 36.4 Å². The summed E-state index contributed by atoms with van der Waals surface area (Å²) in [6, 6.07) is 14.4. The molecule has 3 atom stereocenters. The number of halogens is 1. The van der Waals surface area contributed by atoms with E-state index < -0.39 is 24.2 Å². The summed E-state index contributed by atoms with van der Waals surface area (Å²) in [5.74, 6) is -1.54. The Hall–Kier alpha value is -2.71. The molecule has 0 bridgehead atoms. The van der Waals surface area contributed by atoms with Gasteiger partial charge < -0.3 is 14.8 Å². The maximum absolute atomic E-state index is 13.1. The first-order valence-electron chi connectivity index (χ1n) is 9.02. The van der Waals surface area contributed by atoms with E-state index in [9.17, 15) is 18.8 Å². The van der Waals surface area contributed by atoms with E-state index in [-0.39, 0.29) is 29.9 Å². The maximum Gasteiger partial charge on any atom is 0.302 e. The van der Waals surface area contributed by atoms with Crippen LogP contribution in [0.15, 0.2) is 59.5 Å². The van der Waals surface area contributed by atoms with Crippen molar-refractivity contribution in [3.63, 3.8) is 0 Å². The lowest BCUT2D eigenvalue weighted by Gasteiger charge is -2.35. The van der Waals surface area contributed by atoms with E-state index in [0.717, 1.165) is 4.90 Å². The third-order valence-electron chi connectivity index (χ3n) is 4.27. The molecule has 6 nitrogen and oxygen atoms in total. The predicted octanol–water partition coefficient (Wildman–Crippen LogP) is 2.96. The van der Waals surface area contributed by atoms with Crippen molar-refractivity contribution in [3.05, 3.63) is 66.0 Å². The minimum absolute atomic E-state index is 0.0564. The molecule has 2 aromatic rings. The Kier molecular flexibility index (Phi) is 7.00. The summed E-state index contributed by atoms with van der Waals surface area (Å²) in [4.78, 5) is 36.9. The fourth-order valence-corrected chi connectivity index (χ4v) is 4.02. The van der Waals surface area contributed by atoms with Gasteiger partial charge in [-0.25, -0.2) is 4.39 Å². The number of ketones is 1. The molecular formula is C21H20FNO5S. The monoisotopic (exact) mass is 417 g/mol. The molecule has 1 unspecified atom stereocenters. The molecule has 3 rings (SSSR count). The standard InChI is InChI=1S/C21H20FNO5S/c1-13(24)27-12-18-19(29-16-9-7-15(22)8-10-16)11-17(25)21(28-18)23-20(26)14-5-3-2-4-6-14/h2-10,18-19,21H,11-12H2,1H3,(H,23,26)/t18-,19?,21-/m1/s1. The lowest BCUT2D eigenvalue weighted by Crippen LogP contribution is -2.53. The topological polar surface area (TPSA) is 81.7 Å². The zero-order chi connectivity index (χ0) is 20.8. The number of Topliss-reactive ketones (excluding diaryl/α,β-unsaturated/α-hetero) is 1. The van der Waals surface area contributed by atoms with Crippen LogP contribution in [0.3, 0.4) is 0 Å². The van der Waals surface area contributed by atoms with Gasteiger partial charge in [-0.15, -0.1) is 11.8 Å². The van der Waals surface area contributed by atoms with Crippen LogP contribution in [0.1, 0.15) is 23.7 Å². The minimum Gasteiger partial charge on any atom is -0.463 e. The van der Waals surface area contributed by atoms with Gasteiger partial charge in [0.05, 0.1) is 0 Å². The summed E-state index contributed by atoms with van der Waals surface area (Å²) in [6.07, 6.45) is -1.64. The summed E-state index contributed by atoms with van der Waals surface area (Å²) in [5.41, 5.74) is 0.406. The van der Waals surface area contributed by atoms with E-state index in [2.05, 4.69) is 5.32 Å². The number of carbonyl (C=O) groups is 3. The Bertz CT molecular complexity index is 874. The van der Waals surface area contributed by atoms with Gasteiger partial charge in [-0.2, -0.15) is 0 Å². The van der Waals surface area contributed by atoms with Crippen LogP contribution < -0.4 is 5.32 Å². The number of hydrogen-bond acceptors (Lipinski definition) is 6. The molecule has 1 aliphatic rings. The predicted molar refractivity (Wildman–Crippen MR) is 105 cm³/mol. The molecule has 29 heavy (non-hydrogen) atoms. The molecule has 0 saturated carbocycles. The number of amides is 1. The highest BCUT2D eigenvalue weighted by Crippen LogP contribution is 2.33. The average Bonchev–Trinajstić information content (AvgIpc) is 2.71. The molecular weight excluding hydrogens is 397 g/mol. The molecule has 1 amide bonds. The van der Waals surface area contributed by atoms with Gasteiger partial charge in [0, 0.05) is 29.1 Å². The number of esters is 1. The first-order valence-corrected chi connectivity index (χ1v) is 9.90. The van der Waals surface area contributed by atoms with E-state index in [0.29, 0.717) is 5.56 Å². The summed E-state index contributed by atoms with van der Waals surface area (Å²) in [7, 11) is 0. The van der Waals surface area contributed by atoms with Gasteiger partial charge in [0.25, 0.3) is 5.91 Å². The van der Waals surface area contributed by atoms with E-state index in [1.54, 1.807) is 42.5 Å². The van der Waals surface area contributed by atoms with E-state index in [1.165, 1.54) is 30.8 Å². The average molecular weight is 417 g/mol. The summed E-state index contributed by atoms with van der Waals surface area (Å²) < 4.78 is 24.0. The van der Waals surface area contributed by atoms with Crippen molar-refractivity contribution in [2.75, 3.05) is 6.61 Å². The SMILES string of the molecule is CC(=O)OC[C@H]1O[C@@H](NC(=O)c2ccccc2)C(=O)CC1Sc1ccc(F)cc1. The molecule has 152 valence electrons. The Morgan fingerprint density at radius 3 is 2.52 bits per heavy atom. The molecule has 1 aliphatic heterocycles.